The number of benzene rings is 1. The van der Waals surface area contributed by atoms with E-state index in [1.54, 1.807) is 28.4 Å². The van der Waals surface area contributed by atoms with Crippen molar-refractivity contribution in [3.8, 4) is 11.5 Å². The van der Waals surface area contributed by atoms with Gasteiger partial charge in [0.05, 0.1) is 5.01 Å². The molecule has 3 aromatic rings. The molecule has 0 aliphatic rings. The average Bonchev–Trinajstić information content (AvgIpc) is 3.30. The van der Waals surface area contributed by atoms with Crippen LogP contribution in [0.5, 0.6) is 0 Å². The lowest BCUT2D eigenvalue weighted by Crippen LogP contribution is -2.31. The highest BCUT2D eigenvalue weighted by Gasteiger charge is 2.12. The minimum Gasteiger partial charge on any atom is -0.403 e. The molecule has 2 N–H and O–H groups in total. The zero-order valence-corrected chi connectivity index (χ0v) is 16.5. The Bertz CT molecular complexity index is 903. The number of carbonyl (C=O) groups excluding carboxylic acids is 1. The fraction of sp³-hybridized carbons (Fsp3) is 0.333. The van der Waals surface area contributed by atoms with Gasteiger partial charge in [0.15, 0.2) is 0 Å². The molecule has 2 heterocycles. The molecule has 3 rings (SSSR count). The first kappa shape index (κ1) is 18.8. The van der Waals surface area contributed by atoms with Crippen LogP contribution in [-0.2, 0) is 0 Å². The van der Waals surface area contributed by atoms with E-state index in [0.717, 1.165) is 10.6 Å². The Labute approximate surface area is 161 Å². The molecule has 1 unspecified atom stereocenters. The number of nitrogens with one attached hydrogen (secondary N) is 2. The summed E-state index contributed by atoms with van der Waals surface area (Å²) in [6.45, 7) is 4.58. The summed E-state index contributed by atoms with van der Waals surface area (Å²) in [6.07, 6.45) is 1.85. The number of rotatable bonds is 6. The van der Waals surface area contributed by atoms with Crippen molar-refractivity contribution in [2.24, 2.45) is 0 Å². The fourth-order valence-corrected chi connectivity index (χ4v) is 3.14. The minimum absolute atomic E-state index is 0.167. The van der Waals surface area contributed by atoms with E-state index in [4.69, 9.17) is 4.42 Å². The first-order chi connectivity index (χ1) is 12.9. The second kappa shape index (κ2) is 8.17. The van der Waals surface area contributed by atoms with Gasteiger partial charge in [-0.25, -0.2) is 9.78 Å². The standard InChI is InChI=1S/C18H22N6O2S/c1-11(16-19-10-12(2)27-16)9-20-17(25)21-14-7-5-13(6-8-14)15-22-23-18(26-15)24(3)4/h5-8,10-11H,9H2,1-4H3,(H2,20,21,25). The molecule has 8 nitrogen and oxygen atoms in total. The minimum atomic E-state index is -0.254. The first-order valence-corrected chi connectivity index (χ1v) is 9.32. The normalized spacial score (nSPS) is 11.9. The molecule has 0 spiro atoms. The van der Waals surface area contributed by atoms with Crippen LogP contribution in [0.4, 0.5) is 16.5 Å². The molecule has 0 aliphatic carbocycles. The Hall–Kier alpha value is -2.94. The third kappa shape index (κ3) is 4.82. The maximum Gasteiger partial charge on any atom is 0.319 e. The summed E-state index contributed by atoms with van der Waals surface area (Å²) in [5.74, 6) is 0.600. The van der Waals surface area contributed by atoms with Gasteiger partial charge in [0, 0.05) is 48.9 Å². The third-order valence-corrected chi connectivity index (χ3v) is 4.96. The third-order valence-electron chi connectivity index (χ3n) is 3.82. The van der Waals surface area contributed by atoms with E-state index < -0.39 is 0 Å². The van der Waals surface area contributed by atoms with Crippen LogP contribution >= 0.6 is 11.3 Å². The summed E-state index contributed by atoms with van der Waals surface area (Å²) in [5, 5.41) is 14.7. The number of aryl methyl sites for hydroxylation is 1. The van der Waals surface area contributed by atoms with Crippen LogP contribution in [-0.4, -0.2) is 41.9 Å². The zero-order chi connectivity index (χ0) is 19.4. The van der Waals surface area contributed by atoms with E-state index in [1.165, 1.54) is 4.88 Å². The highest BCUT2D eigenvalue weighted by atomic mass is 32.1. The Morgan fingerprint density at radius 1 is 1.26 bits per heavy atom. The Morgan fingerprint density at radius 2 is 2.00 bits per heavy atom. The molecule has 0 saturated heterocycles. The molecule has 27 heavy (non-hydrogen) atoms. The molecule has 0 fully saturated rings. The van der Waals surface area contributed by atoms with E-state index in [9.17, 15) is 4.79 Å². The predicted molar refractivity (Wildman–Crippen MR) is 106 cm³/mol. The van der Waals surface area contributed by atoms with E-state index in [1.807, 2.05) is 46.3 Å². The molecule has 0 bridgehead atoms. The number of carbonyl (C=O) groups is 1. The highest BCUT2D eigenvalue weighted by Crippen LogP contribution is 2.23. The summed E-state index contributed by atoms with van der Waals surface area (Å²) in [5.41, 5.74) is 1.47. The maximum absolute atomic E-state index is 12.1. The van der Waals surface area contributed by atoms with Crippen molar-refractivity contribution in [1.29, 1.82) is 0 Å². The zero-order valence-electron chi connectivity index (χ0n) is 15.7. The molecule has 1 atom stereocenters. The smallest absolute Gasteiger partial charge is 0.319 e. The van der Waals surface area contributed by atoms with Crippen molar-refractivity contribution in [2.75, 3.05) is 30.9 Å². The maximum atomic E-state index is 12.1. The van der Waals surface area contributed by atoms with Gasteiger partial charge in [-0.05, 0) is 31.2 Å². The number of hydrogen-bond donors (Lipinski definition) is 2. The van der Waals surface area contributed by atoms with Gasteiger partial charge in [-0.1, -0.05) is 12.0 Å². The van der Waals surface area contributed by atoms with Crippen molar-refractivity contribution in [2.45, 2.75) is 19.8 Å². The molecule has 2 amide bonds. The van der Waals surface area contributed by atoms with Crippen LogP contribution < -0.4 is 15.5 Å². The van der Waals surface area contributed by atoms with Crippen LogP contribution in [0.1, 0.15) is 22.7 Å². The van der Waals surface area contributed by atoms with Gasteiger partial charge in [-0.3, -0.25) is 0 Å². The lowest BCUT2D eigenvalue weighted by molar-refractivity contribution is 0.251. The van der Waals surface area contributed by atoms with Crippen molar-refractivity contribution in [3.63, 3.8) is 0 Å². The second-order valence-electron chi connectivity index (χ2n) is 6.41. The summed E-state index contributed by atoms with van der Waals surface area (Å²) < 4.78 is 5.56. The lowest BCUT2D eigenvalue weighted by Gasteiger charge is -2.11. The highest BCUT2D eigenvalue weighted by molar-refractivity contribution is 7.11. The molecule has 142 valence electrons. The van der Waals surface area contributed by atoms with E-state index in [2.05, 4.69) is 25.8 Å². The molecule has 0 radical (unpaired) electrons. The Kier molecular flexibility index (Phi) is 5.70. The number of anilines is 2. The van der Waals surface area contributed by atoms with Gasteiger partial charge >= 0.3 is 12.0 Å². The fourth-order valence-electron chi connectivity index (χ4n) is 2.32. The Morgan fingerprint density at radius 3 is 2.59 bits per heavy atom. The number of nitrogens with zero attached hydrogens (tertiary/aromatic N) is 4. The Balaban J connectivity index is 1.53. The average molecular weight is 386 g/mol. The first-order valence-electron chi connectivity index (χ1n) is 8.51. The van der Waals surface area contributed by atoms with Crippen LogP contribution in [0.3, 0.4) is 0 Å². The molecule has 0 saturated carbocycles. The van der Waals surface area contributed by atoms with Gasteiger partial charge in [0.1, 0.15) is 0 Å². The molecular weight excluding hydrogens is 364 g/mol. The summed E-state index contributed by atoms with van der Waals surface area (Å²) in [7, 11) is 3.67. The van der Waals surface area contributed by atoms with Gasteiger partial charge in [-0.2, -0.15) is 0 Å². The van der Waals surface area contributed by atoms with Crippen LogP contribution in [0, 0.1) is 6.92 Å². The SMILES string of the molecule is Cc1cnc(C(C)CNC(=O)Nc2ccc(-c3nnc(N(C)C)o3)cc2)s1. The number of aromatic nitrogens is 3. The van der Waals surface area contributed by atoms with Crippen LogP contribution in [0.2, 0.25) is 0 Å². The van der Waals surface area contributed by atoms with Crippen LogP contribution in [0.15, 0.2) is 34.9 Å². The molecule has 2 aromatic heterocycles. The van der Waals surface area contributed by atoms with Gasteiger partial charge in [0.2, 0.25) is 5.89 Å². The van der Waals surface area contributed by atoms with Crippen molar-refractivity contribution >= 4 is 29.1 Å². The topological polar surface area (TPSA) is 96.2 Å². The van der Waals surface area contributed by atoms with Gasteiger partial charge in [-0.15, -0.1) is 16.4 Å². The van der Waals surface area contributed by atoms with Gasteiger partial charge < -0.3 is 20.0 Å². The number of amides is 2. The largest absolute Gasteiger partial charge is 0.403 e. The summed E-state index contributed by atoms with van der Waals surface area (Å²) in [6, 6.07) is 7.42. The summed E-state index contributed by atoms with van der Waals surface area (Å²) >= 11 is 1.65. The van der Waals surface area contributed by atoms with Gasteiger partial charge in [0.25, 0.3) is 0 Å². The molecule has 1 aromatic carbocycles. The van der Waals surface area contributed by atoms with E-state index >= 15 is 0 Å². The molecule has 9 heteroatoms. The monoisotopic (exact) mass is 386 g/mol. The molecule has 0 aliphatic heterocycles. The second-order valence-corrected chi connectivity index (χ2v) is 7.67. The number of hydrogen-bond acceptors (Lipinski definition) is 7. The lowest BCUT2D eigenvalue weighted by atomic mass is 10.2. The number of thiazole rings is 1. The van der Waals surface area contributed by atoms with Crippen molar-refractivity contribution in [1.82, 2.24) is 20.5 Å². The van der Waals surface area contributed by atoms with Crippen molar-refractivity contribution < 1.29 is 9.21 Å². The number of urea groups is 1. The van der Waals surface area contributed by atoms with E-state index in [0.29, 0.717) is 24.1 Å². The van der Waals surface area contributed by atoms with Crippen molar-refractivity contribution in [3.05, 3.63) is 40.3 Å². The quantitative estimate of drug-likeness (QED) is 0.673. The van der Waals surface area contributed by atoms with E-state index in [-0.39, 0.29) is 11.9 Å². The summed E-state index contributed by atoms with van der Waals surface area (Å²) in [4.78, 5) is 19.4. The molecular formula is C18H22N6O2S. The predicted octanol–water partition coefficient (Wildman–Crippen LogP) is 3.49. The van der Waals surface area contributed by atoms with Crippen LogP contribution in [0.25, 0.3) is 11.5 Å².